The first-order valence-corrected chi connectivity index (χ1v) is 3.36. The first-order chi connectivity index (χ1) is 5.79. The Morgan fingerprint density at radius 1 is 1.50 bits per heavy atom. The molecule has 0 fully saturated rings. The van der Waals surface area contributed by atoms with Crippen molar-refractivity contribution in [3.63, 3.8) is 0 Å². The molecule has 60 valence electrons. The molecule has 0 bridgehead atoms. The lowest BCUT2D eigenvalue weighted by atomic mass is 10.3. The highest BCUT2D eigenvalue weighted by atomic mass is 16.7. The maximum atomic E-state index is 10.4. The maximum Gasteiger partial charge on any atom is 0.206 e. The predicted octanol–water partition coefficient (Wildman–Crippen LogP) is 1.08. The highest BCUT2D eigenvalue weighted by molar-refractivity contribution is 5.75. The Morgan fingerprint density at radius 3 is 3.08 bits per heavy atom. The van der Waals surface area contributed by atoms with E-state index in [9.17, 15) is 10.1 Å². The van der Waals surface area contributed by atoms with Crippen LogP contribution >= 0.6 is 0 Å². The molecule has 0 aliphatic rings. The largest absolute Gasteiger partial charge is 0.234 e. The van der Waals surface area contributed by atoms with Crippen LogP contribution in [0, 0.1) is 10.1 Å². The van der Waals surface area contributed by atoms with Crippen LogP contribution in [0.25, 0.3) is 11.0 Å². The van der Waals surface area contributed by atoms with E-state index in [1.54, 1.807) is 18.2 Å². The number of fused-ring (bicyclic) bond motifs is 1. The van der Waals surface area contributed by atoms with Crippen molar-refractivity contribution >= 4 is 11.0 Å². The van der Waals surface area contributed by atoms with Crippen LogP contribution in [0.2, 0.25) is 0 Å². The van der Waals surface area contributed by atoms with Crippen molar-refractivity contribution in [2.24, 2.45) is 0 Å². The minimum atomic E-state index is -0.505. The number of hydrogen-bond acceptors (Lipinski definition) is 3. The quantitative estimate of drug-likeness (QED) is 0.466. The summed E-state index contributed by atoms with van der Waals surface area (Å²) in [4.78, 5) is 14.3. The van der Waals surface area contributed by atoms with Crippen molar-refractivity contribution in [2.75, 3.05) is 0 Å². The van der Waals surface area contributed by atoms with Crippen LogP contribution < -0.4 is 0 Å². The van der Waals surface area contributed by atoms with E-state index in [0.29, 0.717) is 5.65 Å². The van der Waals surface area contributed by atoms with Crippen LogP contribution in [0.5, 0.6) is 0 Å². The minimum Gasteiger partial charge on any atom is -0.234 e. The number of hydrogen-bond donors (Lipinski definition) is 0. The molecule has 0 saturated heterocycles. The molecule has 0 aliphatic heterocycles. The molecule has 0 spiro atoms. The highest BCUT2D eigenvalue weighted by Gasteiger charge is 2.07. The summed E-state index contributed by atoms with van der Waals surface area (Å²) < 4.78 is 0.898. The van der Waals surface area contributed by atoms with Gasteiger partial charge in [-0.05, 0) is 18.2 Å². The number of nitrogens with zero attached hydrogens (tertiary/aromatic N) is 3. The summed E-state index contributed by atoms with van der Waals surface area (Å²) in [5.41, 5.74) is 0.377. The fraction of sp³-hybridized carbons (Fsp3) is 0. The van der Waals surface area contributed by atoms with Crippen molar-refractivity contribution < 1.29 is 5.03 Å². The standard InChI is InChI=1S/C7H5N3O2/c11-10(12)9-5-3-6-2-1-4-8-7(6)9/h1-5H. The van der Waals surface area contributed by atoms with Gasteiger partial charge in [0.15, 0.2) is 5.03 Å². The summed E-state index contributed by atoms with van der Waals surface area (Å²) in [7, 11) is 0. The molecular formula is C7H5N3O2. The molecule has 2 rings (SSSR count). The molecule has 5 heteroatoms. The summed E-state index contributed by atoms with van der Waals surface area (Å²) in [6, 6.07) is 5.18. The van der Waals surface area contributed by atoms with E-state index in [0.717, 1.165) is 10.1 Å². The van der Waals surface area contributed by atoms with Gasteiger partial charge in [-0.1, -0.05) is 4.68 Å². The molecule has 0 N–H and O–H groups in total. The number of rotatable bonds is 1. The molecular weight excluding hydrogens is 158 g/mol. The van der Waals surface area contributed by atoms with E-state index >= 15 is 0 Å². The highest BCUT2D eigenvalue weighted by Crippen LogP contribution is 2.10. The lowest BCUT2D eigenvalue weighted by Gasteiger charge is -1.90. The van der Waals surface area contributed by atoms with Gasteiger partial charge in [-0.3, -0.25) is 0 Å². The summed E-state index contributed by atoms with van der Waals surface area (Å²) in [5.74, 6) is 0. The second-order valence-corrected chi connectivity index (χ2v) is 2.31. The van der Waals surface area contributed by atoms with Crippen molar-refractivity contribution in [2.45, 2.75) is 0 Å². The zero-order chi connectivity index (χ0) is 8.55. The second-order valence-electron chi connectivity index (χ2n) is 2.31. The Labute approximate surface area is 67.4 Å². The fourth-order valence-electron chi connectivity index (χ4n) is 1.08. The maximum absolute atomic E-state index is 10.4. The van der Waals surface area contributed by atoms with E-state index in [2.05, 4.69) is 4.98 Å². The molecule has 2 aromatic heterocycles. The molecule has 0 saturated carbocycles. The summed E-state index contributed by atoms with van der Waals surface area (Å²) in [6.45, 7) is 0. The molecule has 0 radical (unpaired) electrons. The average molecular weight is 163 g/mol. The number of pyridine rings is 1. The first kappa shape index (κ1) is 6.78. The van der Waals surface area contributed by atoms with E-state index in [1.807, 2.05) is 0 Å². The van der Waals surface area contributed by atoms with Gasteiger partial charge in [0.25, 0.3) is 0 Å². The van der Waals surface area contributed by atoms with Crippen LogP contribution in [-0.4, -0.2) is 14.7 Å². The molecule has 5 nitrogen and oxygen atoms in total. The normalized spacial score (nSPS) is 10.3. The SMILES string of the molecule is O=[N+]([O-])n1ccc2cccnc21. The van der Waals surface area contributed by atoms with Crippen LogP contribution in [0.15, 0.2) is 30.6 Å². The van der Waals surface area contributed by atoms with Gasteiger partial charge in [0.1, 0.15) is 0 Å². The molecule has 0 atom stereocenters. The molecule has 0 amide bonds. The summed E-state index contributed by atoms with van der Waals surface area (Å²) in [5, 5.41) is 10.7. The van der Waals surface area contributed by atoms with Gasteiger partial charge in [0.2, 0.25) is 5.65 Å². The van der Waals surface area contributed by atoms with Gasteiger partial charge < -0.3 is 0 Å². The lowest BCUT2D eigenvalue weighted by Crippen LogP contribution is -2.06. The van der Waals surface area contributed by atoms with E-state index < -0.39 is 5.03 Å². The third-order valence-corrected chi connectivity index (χ3v) is 1.61. The summed E-state index contributed by atoms with van der Waals surface area (Å²) >= 11 is 0. The van der Waals surface area contributed by atoms with Gasteiger partial charge in [-0.25, -0.2) is 15.1 Å². The minimum absolute atomic E-state index is 0.377. The fourth-order valence-corrected chi connectivity index (χ4v) is 1.08. The summed E-state index contributed by atoms with van der Waals surface area (Å²) in [6.07, 6.45) is 2.92. The van der Waals surface area contributed by atoms with Crippen LogP contribution in [0.3, 0.4) is 0 Å². The van der Waals surface area contributed by atoms with Gasteiger partial charge in [0.05, 0.1) is 6.20 Å². The van der Waals surface area contributed by atoms with Crippen molar-refractivity contribution in [1.82, 2.24) is 9.66 Å². The van der Waals surface area contributed by atoms with Crippen molar-refractivity contribution in [3.05, 3.63) is 40.7 Å². The molecule has 0 aromatic carbocycles. The Balaban J connectivity index is 2.79. The smallest absolute Gasteiger partial charge is 0.206 e. The van der Waals surface area contributed by atoms with Crippen LogP contribution in [0.4, 0.5) is 0 Å². The molecule has 0 aliphatic carbocycles. The van der Waals surface area contributed by atoms with E-state index in [1.165, 1.54) is 12.4 Å². The molecule has 2 heterocycles. The topological polar surface area (TPSA) is 61.0 Å². The zero-order valence-corrected chi connectivity index (χ0v) is 6.04. The lowest BCUT2D eigenvalue weighted by molar-refractivity contribution is -0.538. The van der Waals surface area contributed by atoms with Gasteiger partial charge in [-0.2, -0.15) is 0 Å². The van der Waals surface area contributed by atoms with Gasteiger partial charge in [-0.15, -0.1) is 0 Å². The van der Waals surface area contributed by atoms with Gasteiger partial charge >= 0.3 is 0 Å². The van der Waals surface area contributed by atoms with E-state index in [4.69, 9.17) is 0 Å². The Morgan fingerprint density at radius 2 is 2.33 bits per heavy atom. The second kappa shape index (κ2) is 2.30. The van der Waals surface area contributed by atoms with Crippen LogP contribution in [-0.2, 0) is 0 Å². The molecule has 2 aromatic rings. The van der Waals surface area contributed by atoms with E-state index in [-0.39, 0.29) is 0 Å². The monoisotopic (exact) mass is 163 g/mol. The Kier molecular flexibility index (Phi) is 1.30. The van der Waals surface area contributed by atoms with Gasteiger partial charge in [0, 0.05) is 11.6 Å². The zero-order valence-electron chi connectivity index (χ0n) is 6.04. The number of nitro groups is 1. The third kappa shape index (κ3) is 0.833. The number of aromatic nitrogens is 2. The Hall–Kier alpha value is -1.91. The van der Waals surface area contributed by atoms with Crippen molar-refractivity contribution in [3.8, 4) is 0 Å². The first-order valence-electron chi connectivity index (χ1n) is 3.36. The molecule has 12 heavy (non-hydrogen) atoms. The third-order valence-electron chi connectivity index (χ3n) is 1.61. The Bertz CT molecular complexity index is 435. The van der Waals surface area contributed by atoms with Crippen LogP contribution in [0.1, 0.15) is 0 Å². The molecule has 0 unspecified atom stereocenters. The predicted molar refractivity (Wildman–Crippen MR) is 42.1 cm³/mol. The average Bonchev–Trinajstić information content (AvgIpc) is 2.47. The van der Waals surface area contributed by atoms with Crippen molar-refractivity contribution in [1.29, 1.82) is 0 Å².